The van der Waals surface area contributed by atoms with E-state index in [0.29, 0.717) is 39.1 Å². The highest BCUT2D eigenvalue weighted by Crippen LogP contribution is 2.39. The molecule has 0 atom stereocenters. The summed E-state index contributed by atoms with van der Waals surface area (Å²) in [5.74, 6) is 1.07. The lowest BCUT2D eigenvalue weighted by molar-refractivity contribution is 0.358. The van der Waals surface area contributed by atoms with Crippen LogP contribution >= 0.6 is 0 Å². The van der Waals surface area contributed by atoms with Crippen LogP contribution in [-0.4, -0.2) is 19.2 Å². The highest BCUT2D eigenvalue weighted by atomic mass is 16.5. The second-order valence-electron chi connectivity index (χ2n) is 5.53. The fourth-order valence-electron chi connectivity index (χ4n) is 3.04. The van der Waals surface area contributed by atoms with Gasteiger partial charge >= 0.3 is 0 Å². The minimum atomic E-state index is -0.155. The van der Waals surface area contributed by atoms with E-state index in [-0.39, 0.29) is 5.43 Å². The number of hydrogen-bond acceptors (Lipinski definition) is 5. The van der Waals surface area contributed by atoms with Crippen LogP contribution in [0.1, 0.15) is 0 Å². The van der Waals surface area contributed by atoms with Crippen LogP contribution in [0, 0.1) is 0 Å². The summed E-state index contributed by atoms with van der Waals surface area (Å²) in [6.45, 7) is 0. The normalized spacial score (nSPS) is 11.0. The van der Waals surface area contributed by atoms with E-state index in [1.807, 2.05) is 24.3 Å². The topological polar surface area (TPSA) is 61.6 Å². The molecular weight excluding hydrogens is 318 g/mol. The molecule has 0 aliphatic heterocycles. The molecule has 2 heterocycles. The van der Waals surface area contributed by atoms with Crippen LogP contribution in [0.5, 0.6) is 11.5 Å². The van der Waals surface area contributed by atoms with E-state index in [1.165, 1.54) is 6.26 Å². The van der Waals surface area contributed by atoms with Crippen molar-refractivity contribution in [2.75, 3.05) is 14.2 Å². The van der Waals surface area contributed by atoms with E-state index >= 15 is 0 Å². The Morgan fingerprint density at radius 1 is 0.960 bits per heavy atom. The van der Waals surface area contributed by atoms with Crippen LogP contribution in [0.4, 0.5) is 0 Å². The summed E-state index contributed by atoms with van der Waals surface area (Å²) in [7, 11) is 3.12. The third-order valence-corrected chi connectivity index (χ3v) is 4.20. The van der Waals surface area contributed by atoms with E-state index in [4.69, 9.17) is 13.9 Å². The number of rotatable bonds is 3. The van der Waals surface area contributed by atoms with Gasteiger partial charge < -0.3 is 13.9 Å². The predicted octanol–water partition coefficient (Wildman–Crippen LogP) is 4.03. The summed E-state index contributed by atoms with van der Waals surface area (Å²) in [5, 5.41) is 2.00. The average molecular weight is 333 g/mol. The summed E-state index contributed by atoms with van der Waals surface area (Å²) in [5.41, 5.74) is 1.31. The Balaban J connectivity index is 2.18. The van der Waals surface area contributed by atoms with Crippen molar-refractivity contribution in [2.45, 2.75) is 0 Å². The largest absolute Gasteiger partial charge is 0.493 e. The zero-order valence-electron chi connectivity index (χ0n) is 13.8. The zero-order chi connectivity index (χ0) is 17.4. The number of benzene rings is 2. The Morgan fingerprint density at radius 3 is 2.52 bits per heavy atom. The maximum atomic E-state index is 13.2. The smallest absolute Gasteiger partial charge is 0.202 e. The van der Waals surface area contributed by atoms with Gasteiger partial charge in [0.2, 0.25) is 5.43 Å². The highest BCUT2D eigenvalue weighted by Gasteiger charge is 2.17. The molecule has 0 aliphatic rings. The Morgan fingerprint density at radius 2 is 1.80 bits per heavy atom. The first-order valence-electron chi connectivity index (χ1n) is 7.75. The molecule has 0 radical (unpaired) electrons. The Kier molecular flexibility index (Phi) is 3.61. The molecule has 0 bridgehead atoms. The van der Waals surface area contributed by atoms with Crippen molar-refractivity contribution in [2.24, 2.45) is 0 Å². The molecule has 2 aromatic carbocycles. The Labute approximate surface area is 143 Å². The first kappa shape index (κ1) is 15.2. The van der Waals surface area contributed by atoms with Crippen LogP contribution in [0.25, 0.3) is 33.0 Å². The van der Waals surface area contributed by atoms with Gasteiger partial charge in [0.15, 0.2) is 11.5 Å². The molecule has 0 saturated heterocycles. The molecule has 5 nitrogen and oxygen atoms in total. The third kappa shape index (κ3) is 2.32. The van der Waals surface area contributed by atoms with Crippen LogP contribution in [0.15, 0.2) is 64.1 Å². The molecule has 124 valence electrons. The summed E-state index contributed by atoms with van der Waals surface area (Å²) in [4.78, 5) is 17.5. The number of hydrogen-bond donors (Lipinski definition) is 0. The summed E-state index contributed by atoms with van der Waals surface area (Å²) in [6.07, 6.45) is 3.09. The van der Waals surface area contributed by atoms with E-state index in [2.05, 4.69) is 4.98 Å². The Bertz CT molecular complexity index is 1130. The summed E-state index contributed by atoms with van der Waals surface area (Å²) < 4.78 is 16.6. The molecule has 4 rings (SSSR count). The first-order valence-corrected chi connectivity index (χ1v) is 7.75. The van der Waals surface area contributed by atoms with Crippen molar-refractivity contribution in [3.8, 4) is 22.8 Å². The maximum Gasteiger partial charge on any atom is 0.202 e. The number of ether oxygens (including phenoxy) is 2. The summed E-state index contributed by atoms with van der Waals surface area (Å²) in [6, 6.07) is 12.8. The van der Waals surface area contributed by atoms with Gasteiger partial charge in [0.1, 0.15) is 11.8 Å². The minimum Gasteiger partial charge on any atom is -0.493 e. The maximum absolute atomic E-state index is 13.2. The molecule has 5 heteroatoms. The van der Waals surface area contributed by atoms with Crippen LogP contribution in [0.2, 0.25) is 0 Å². The van der Waals surface area contributed by atoms with Gasteiger partial charge in [0.25, 0.3) is 0 Å². The number of fused-ring (bicyclic) bond motifs is 3. The van der Waals surface area contributed by atoms with Crippen LogP contribution in [0.3, 0.4) is 0 Å². The van der Waals surface area contributed by atoms with Crippen molar-refractivity contribution in [3.05, 3.63) is 65.1 Å². The lowest BCUT2D eigenvalue weighted by atomic mass is 10.0. The molecule has 25 heavy (non-hydrogen) atoms. The van der Waals surface area contributed by atoms with E-state index in [0.717, 1.165) is 5.39 Å². The monoisotopic (exact) mass is 333 g/mol. The lowest BCUT2D eigenvalue weighted by Gasteiger charge is -2.12. The third-order valence-electron chi connectivity index (χ3n) is 4.20. The zero-order valence-corrected chi connectivity index (χ0v) is 13.8. The van der Waals surface area contributed by atoms with Gasteiger partial charge in [0.05, 0.1) is 30.9 Å². The SMILES string of the molecule is COc1ccc2ccc3occ(-c4ccccn4)c(=O)c3c2c1OC. The van der Waals surface area contributed by atoms with Crippen molar-refractivity contribution in [3.63, 3.8) is 0 Å². The van der Waals surface area contributed by atoms with Crippen molar-refractivity contribution in [1.82, 2.24) is 4.98 Å². The van der Waals surface area contributed by atoms with Crippen LogP contribution in [-0.2, 0) is 0 Å². The van der Waals surface area contributed by atoms with Gasteiger partial charge in [-0.3, -0.25) is 9.78 Å². The van der Waals surface area contributed by atoms with E-state index < -0.39 is 0 Å². The number of methoxy groups -OCH3 is 2. The minimum absolute atomic E-state index is 0.155. The average Bonchev–Trinajstić information content (AvgIpc) is 2.67. The Hall–Kier alpha value is -3.34. The second kappa shape index (κ2) is 5.94. The number of aromatic nitrogens is 1. The quantitative estimate of drug-likeness (QED) is 0.530. The van der Waals surface area contributed by atoms with Gasteiger partial charge in [0, 0.05) is 11.6 Å². The standard InChI is InChI=1S/C20H15NO4/c1-23-16-9-7-12-6-8-15-18(17(12)20(16)24-2)19(22)13(11-25-15)14-5-3-4-10-21-14/h3-11H,1-2H3. The number of pyridine rings is 1. The molecule has 0 saturated carbocycles. The van der Waals surface area contributed by atoms with Gasteiger partial charge in [-0.05, 0) is 29.7 Å². The van der Waals surface area contributed by atoms with Crippen molar-refractivity contribution < 1.29 is 13.9 Å². The molecule has 0 fully saturated rings. The van der Waals surface area contributed by atoms with Gasteiger partial charge in [-0.1, -0.05) is 18.2 Å². The van der Waals surface area contributed by atoms with Crippen molar-refractivity contribution in [1.29, 1.82) is 0 Å². The first-order chi connectivity index (χ1) is 12.2. The highest BCUT2D eigenvalue weighted by molar-refractivity contribution is 6.10. The van der Waals surface area contributed by atoms with Gasteiger partial charge in [-0.2, -0.15) is 0 Å². The molecular formula is C20H15NO4. The van der Waals surface area contributed by atoms with Gasteiger partial charge in [-0.15, -0.1) is 0 Å². The molecule has 0 unspecified atom stereocenters. The van der Waals surface area contributed by atoms with Gasteiger partial charge in [-0.25, -0.2) is 0 Å². The fourth-order valence-corrected chi connectivity index (χ4v) is 3.04. The van der Waals surface area contributed by atoms with Crippen LogP contribution < -0.4 is 14.9 Å². The molecule has 4 aromatic rings. The molecule has 2 aromatic heterocycles. The lowest BCUT2D eigenvalue weighted by Crippen LogP contribution is -2.07. The predicted molar refractivity (Wildman–Crippen MR) is 96.3 cm³/mol. The molecule has 0 N–H and O–H groups in total. The van der Waals surface area contributed by atoms with Crippen molar-refractivity contribution >= 4 is 21.7 Å². The summed E-state index contributed by atoms with van der Waals surface area (Å²) >= 11 is 0. The molecule has 0 spiro atoms. The second-order valence-corrected chi connectivity index (χ2v) is 5.53. The number of nitrogens with zero attached hydrogens (tertiary/aromatic N) is 1. The molecule has 0 amide bonds. The molecule has 0 aliphatic carbocycles. The van der Waals surface area contributed by atoms with E-state index in [1.54, 1.807) is 38.6 Å². The fraction of sp³-hybridized carbons (Fsp3) is 0.100. The van der Waals surface area contributed by atoms with E-state index in [9.17, 15) is 4.79 Å².